The third kappa shape index (κ3) is 3.83. The van der Waals surface area contributed by atoms with Gasteiger partial charge in [-0.1, -0.05) is 11.6 Å². The number of amides is 4. The van der Waals surface area contributed by atoms with Crippen molar-refractivity contribution in [3.63, 3.8) is 0 Å². The van der Waals surface area contributed by atoms with E-state index in [0.717, 1.165) is 20.3 Å². The van der Waals surface area contributed by atoms with Crippen LogP contribution in [0.4, 0.5) is 4.79 Å². The zero-order valence-corrected chi connectivity index (χ0v) is 15.9. The van der Waals surface area contributed by atoms with E-state index in [2.05, 4.69) is 10.2 Å². The molecule has 0 bridgehead atoms. The number of carbonyl (C=O) groups is 3. The van der Waals surface area contributed by atoms with Gasteiger partial charge in [-0.15, -0.1) is 10.2 Å². The number of rotatable bonds is 6. The maximum absolute atomic E-state index is 12.1. The minimum absolute atomic E-state index is 0.0318. The number of quaternary nitrogens is 1. The lowest BCUT2D eigenvalue weighted by atomic mass is 10.2. The van der Waals surface area contributed by atoms with Crippen LogP contribution >= 0.6 is 11.6 Å². The van der Waals surface area contributed by atoms with Crippen molar-refractivity contribution in [2.75, 3.05) is 13.7 Å². The number of carbonyl (C=O) groups excluding carboxylic acids is 3. The van der Waals surface area contributed by atoms with Gasteiger partial charge in [0.2, 0.25) is 5.89 Å². The van der Waals surface area contributed by atoms with E-state index in [1.54, 1.807) is 24.3 Å². The highest BCUT2D eigenvalue weighted by atomic mass is 35.5. The van der Waals surface area contributed by atoms with Crippen LogP contribution in [0.3, 0.4) is 0 Å². The summed E-state index contributed by atoms with van der Waals surface area (Å²) in [6, 6.07) is 6.41. The Morgan fingerprint density at radius 2 is 1.78 bits per heavy atom. The van der Waals surface area contributed by atoms with E-state index >= 15 is 0 Å². The smallest absolute Gasteiger partial charge is 0.338 e. The summed E-state index contributed by atoms with van der Waals surface area (Å²) in [6.07, 6.45) is 0. The average Bonchev–Trinajstić information content (AvgIpc) is 3.17. The third-order valence-corrected chi connectivity index (χ3v) is 4.62. The Morgan fingerprint density at radius 3 is 2.33 bits per heavy atom. The zero-order valence-electron chi connectivity index (χ0n) is 15.1. The van der Waals surface area contributed by atoms with E-state index in [-0.39, 0.29) is 12.7 Å². The summed E-state index contributed by atoms with van der Waals surface area (Å²) in [7, 11) is 1.29. The van der Waals surface area contributed by atoms with Gasteiger partial charge in [-0.2, -0.15) is 0 Å². The van der Waals surface area contributed by atoms with Crippen molar-refractivity contribution < 1.29 is 23.7 Å². The predicted octanol–water partition coefficient (Wildman–Crippen LogP) is 0.561. The van der Waals surface area contributed by atoms with Crippen molar-refractivity contribution in [2.45, 2.75) is 26.4 Å². The van der Waals surface area contributed by atoms with Gasteiger partial charge in [0.15, 0.2) is 13.2 Å². The Labute approximate surface area is 160 Å². The molecule has 1 atom stereocenters. The summed E-state index contributed by atoms with van der Waals surface area (Å²) in [4.78, 5) is 38.3. The number of aromatic nitrogens is 2. The molecule has 1 N–H and O–H groups in total. The standard InChI is InChI=1S/C17H18ClN5O4/c1-10(2)22(9-23-16(25)15(24)21(3)17(23)26)8-13-19-20-14(27-13)11-4-6-12(18)7-5-11/h4-7,10H,8-9H2,1-3H3/p+1. The fourth-order valence-corrected chi connectivity index (χ4v) is 2.75. The van der Waals surface area contributed by atoms with Gasteiger partial charge in [0, 0.05) is 17.6 Å². The first-order valence-corrected chi connectivity index (χ1v) is 8.72. The van der Waals surface area contributed by atoms with Gasteiger partial charge in [-0.05, 0) is 38.1 Å². The Hall–Kier alpha value is -2.78. The lowest BCUT2D eigenvalue weighted by Gasteiger charge is -2.25. The van der Waals surface area contributed by atoms with E-state index in [4.69, 9.17) is 16.0 Å². The van der Waals surface area contributed by atoms with E-state index in [0.29, 0.717) is 23.3 Å². The summed E-state index contributed by atoms with van der Waals surface area (Å²) >= 11 is 5.88. The molecule has 0 radical (unpaired) electrons. The van der Waals surface area contributed by atoms with Gasteiger partial charge in [0.25, 0.3) is 5.89 Å². The molecular weight excluding hydrogens is 374 g/mol. The second kappa shape index (κ2) is 7.45. The van der Waals surface area contributed by atoms with Crippen LogP contribution in [-0.2, 0) is 16.1 Å². The van der Waals surface area contributed by atoms with Crippen molar-refractivity contribution in [2.24, 2.45) is 0 Å². The molecule has 1 saturated heterocycles. The van der Waals surface area contributed by atoms with E-state index in [1.165, 1.54) is 7.05 Å². The first-order chi connectivity index (χ1) is 12.8. The normalized spacial score (nSPS) is 16.0. The van der Waals surface area contributed by atoms with Gasteiger partial charge in [-0.25, -0.2) is 9.69 Å². The molecule has 0 spiro atoms. The molecule has 2 aromatic rings. The molecule has 1 unspecified atom stereocenters. The Kier molecular flexibility index (Phi) is 5.24. The SMILES string of the molecule is CC(C)[NH+](Cc1nnc(-c2ccc(Cl)cc2)o1)CN1C(=O)C(=O)N(C)C1=O. The fourth-order valence-electron chi connectivity index (χ4n) is 2.63. The lowest BCUT2D eigenvalue weighted by Crippen LogP contribution is -3.15. The van der Waals surface area contributed by atoms with Gasteiger partial charge in [-0.3, -0.25) is 14.5 Å². The highest BCUT2D eigenvalue weighted by molar-refractivity contribution is 6.44. The maximum atomic E-state index is 12.1. The number of benzene rings is 1. The number of nitrogens with zero attached hydrogens (tertiary/aromatic N) is 4. The van der Waals surface area contributed by atoms with Crippen molar-refractivity contribution in [1.29, 1.82) is 0 Å². The van der Waals surface area contributed by atoms with Gasteiger partial charge < -0.3 is 9.32 Å². The van der Waals surface area contributed by atoms with E-state index in [9.17, 15) is 14.4 Å². The molecule has 0 aliphatic carbocycles. The van der Waals surface area contributed by atoms with Crippen molar-refractivity contribution in [3.05, 3.63) is 35.2 Å². The Balaban J connectivity index is 1.74. The molecule has 4 amide bonds. The van der Waals surface area contributed by atoms with E-state index in [1.807, 2.05) is 13.8 Å². The van der Waals surface area contributed by atoms with Gasteiger partial charge >= 0.3 is 17.8 Å². The van der Waals surface area contributed by atoms with Crippen LogP contribution in [0.25, 0.3) is 11.5 Å². The number of hydrogen-bond donors (Lipinski definition) is 1. The summed E-state index contributed by atoms with van der Waals surface area (Å²) in [6.45, 7) is 4.20. The van der Waals surface area contributed by atoms with Crippen molar-refractivity contribution >= 4 is 29.4 Å². The Morgan fingerprint density at radius 1 is 1.11 bits per heavy atom. The summed E-state index contributed by atoms with van der Waals surface area (Å²) < 4.78 is 5.70. The van der Waals surface area contributed by atoms with Gasteiger partial charge in [0.05, 0.1) is 6.04 Å². The van der Waals surface area contributed by atoms with Gasteiger partial charge in [0.1, 0.15) is 0 Å². The van der Waals surface area contributed by atoms with Crippen LogP contribution in [0, 0.1) is 0 Å². The van der Waals surface area contributed by atoms with Crippen LogP contribution in [0.5, 0.6) is 0 Å². The summed E-state index contributed by atoms with van der Waals surface area (Å²) in [5.41, 5.74) is 0.737. The number of hydrogen-bond acceptors (Lipinski definition) is 6. The molecule has 2 heterocycles. The van der Waals surface area contributed by atoms with Crippen LogP contribution < -0.4 is 4.90 Å². The highest BCUT2D eigenvalue weighted by Crippen LogP contribution is 2.20. The van der Waals surface area contributed by atoms with E-state index < -0.39 is 17.8 Å². The molecule has 9 nitrogen and oxygen atoms in total. The number of urea groups is 1. The minimum atomic E-state index is -0.828. The second-order valence-corrected chi connectivity index (χ2v) is 6.97. The zero-order chi connectivity index (χ0) is 19.7. The van der Waals surface area contributed by atoms with Crippen LogP contribution in [0.15, 0.2) is 28.7 Å². The average molecular weight is 393 g/mol. The maximum Gasteiger partial charge on any atom is 0.338 e. The predicted molar refractivity (Wildman–Crippen MR) is 94.4 cm³/mol. The minimum Gasteiger partial charge on any atom is -0.415 e. The molecular formula is C17H19ClN5O4+. The molecule has 142 valence electrons. The van der Waals surface area contributed by atoms with Crippen LogP contribution in [0.1, 0.15) is 19.7 Å². The lowest BCUT2D eigenvalue weighted by molar-refractivity contribution is -0.943. The van der Waals surface area contributed by atoms with Crippen LogP contribution in [-0.4, -0.2) is 57.6 Å². The quantitative estimate of drug-likeness (QED) is 0.569. The van der Waals surface area contributed by atoms with Crippen molar-refractivity contribution in [1.82, 2.24) is 20.0 Å². The summed E-state index contributed by atoms with van der Waals surface area (Å²) in [5, 5.41) is 8.68. The number of likely N-dealkylation sites (N-methyl/N-ethyl adjacent to an activating group) is 1. The molecule has 1 aliphatic heterocycles. The number of nitrogens with one attached hydrogen (secondary N) is 1. The summed E-state index contributed by atoms with van der Waals surface area (Å²) in [5.74, 6) is -0.936. The second-order valence-electron chi connectivity index (χ2n) is 6.54. The molecule has 1 fully saturated rings. The molecule has 1 aliphatic rings. The number of imide groups is 2. The van der Waals surface area contributed by atoms with Crippen molar-refractivity contribution in [3.8, 4) is 11.5 Å². The molecule has 1 aromatic heterocycles. The Bertz CT molecular complexity index is 880. The fraction of sp³-hybridized carbons (Fsp3) is 0.353. The third-order valence-electron chi connectivity index (χ3n) is 4.36. The molecule has 27 heavy (non-hydrogen) atoms. The largest absolute Gasteiger partial charge is 0.415 e. The van der Waals surface area contributed by atoms with Crippen LogP contribution in [0.2, 0.25) is 5.02 Å². The molecule has 0 saturated carbocycles. The molecule has 10 heteroatoms. The monoisotopic (exact) mass is 392 g/mol. The first kappa shape index (κ1) is 19.0. The highest BCUT2D eigenvalue weighted by Gasteiger charge is 2.44. The number of halogens is 1. The first-order valence-electron chi connectivity index (χ1n) is 8.34. The molecule has 3 rings (SSSR count). The molecule has 1 aromatic carbocycles. The topological polar surface area (TPSA) is 101 Å².